The second-order valence-electron chi connectivity index (χ2n) is 2.81. The molecule has 0 radical (unpaired) electrons. The normalized spacial score (nSPS) is 11.4. The number of aromatic carboxylic acids is 1. The number of ether oxygens (including phenoxy) is 1. The van der Waals surface area contributed by atoms with Crippen molar-refractivity contribution in [1.82, 2.24) is 4.98 Å². The van der Waals surface area contributed by atoms with Gasteiger partial charge < -0.3 is 15.6 Å². The Labute approximate surface area is 91.8 Å². The fraction of sp³-hybridized carbons (Fsp3) is 0.250. The van der Waals surface area contributed by atoms with Crippen LogP contribution < -0.4 is 10.5 Å². The zero-order valence-electron chi connectivity index (χ0n) is 8.08. The SMILES string of the molecule is NCc1ncc(F)c(C(=O)O)c1OC(F)(F)F. The highest BCUT2D eigenvalue weighted by molar-refractivity contribution is 5.91. The second kappa shape index (κ2) is 4.53. The first kappa shape index (κ1) is 13.2. The van der Waals surface area contributed by atoms with Crippen molar-refractivity contribution in [1.29, 1.82) is 0 Å². The molecule has 1 aromatic rings. The fourth-order valence-electron chi connectivity index (χ4n) is 1.08. The maximum Gasteiger partial charge on any atom is 0.573 e. The van der Waals surface area contributed by atoms with Crippen LogP contribution in [0.25, 0.3) is 0 Å². The van der Waals surface area contributed by atoms with Gasteiger partial charge in [0.2, 0.25) is 0 Å². The maximum atomic E-state index is 13.1. The largest absolute Gasteiger partial charge is 0.573 e. The molecule has 0 bridgehead atoms. The first-order valence-electron chi connectivity index (χ1n) is 4.12. The summed E-state index contributed by atoms with van der Waals surface area (Å²) in [7, 11) is 0. The van der Waals surface area contributed by atoms with Crippen molar-refractivity contribution in [2.45, 2.75) is 12.9 Å². The first-order chi connectivity index (χ1) is 7.76. The molecule has 1 heterocycles. The van der Waals surface area contributed by atoms with E-state index in [1.807, 2.05) is 0 Å². The summed E-state index contributed by atoms with van der Waals surface area (Å²) < 4.78 is 52.6. The van der Waals surface area contributed by atoms with Gasteiger partial charge in [0.25, 0.3) is 0 Å². The number of halogens is 4. The highest BCUT2D eigenvalue weighted by Crippen LogP contribution is 2.30. The van der Waals surface area contributed by atoms with Crippen LogP contribution in [-0.4, -0.2) is 22.4 Å². The predicted octanol–water partition coefficient (Wildman–Crippen LogP) is 1.28. The molecule has 0 fully saturated rings. The van der Waals surface area contributed by atoms with Crippen LogP contribution in [0.1, 0.15) is 16.1 Å². The molecule has 0 unspecified atom stereocenters. The van der Waals surface area contributed by atoms with E-state index >= 15 is 0 Å². The van der Waals surface area contributed by atoms with Gasteiger partial charge in [-0.1, -0.05) is 0 Å². The average Bonchev–Trinajstić information content (AvgIpc) is 2.15. The highest BCUT2D eigenvalue weighted by atomic mass is 19.4. The van der Waals surface area contributed by atoms with Gasteiger partial charge in [-0.25, -0.2) is 9.18 Å². The monoisotopic (exact) mass is 254 g/mol. The smallest absolute Gasteiger partial charge is 0.477 e. The summed E-state index contributed by atoms with van der Waals surface area (Å²) >= 11 is 0. The predicted molar refractivity (Wildman–Crippen MR) is 45.7 cm³/mol. The van der Waals surface area contributed by atoms with E-state index < -0.39 is 41.7 Å². The maximum absolute atomic E-state index is 13.1. The van der Waals surface area contributed by atoms with Gasteiger partial charge in [0.1, 0.15) is 5.56 Å². The third-order valence-electron chi connectivity index (χ3n) is 1.69. The van der Waals surface area contributed by atoms with Gasteiger partial charge in [0, 0.05) is 6.54 Å². The Morgan fingerprint density at radius 2 is 2.12 bits per heavy atom. The summed E-state index contributed by atoms with van der Waals surface area (Å²) in [6.07, 6.45) is -4.70. The molecular weight excluding hydrogens is 248 g/mol. The molecule has 0 saturated carbocycles. The summed E-state index contributed by atoms with van der Waals surface area (Å²) in [6.45, 7) is -0.522. The van der Waals surface area contributed by atoms with E-state index in [0.29, 0.717) is 6.20 Å². The van der Waals surface area contributed by atoms with Crippen molar-refractivity contribution >= 4 is 5.97 Å². The van der Waals surface area contributed by atoms with Crippen LogP contribution in [0.4, 0.5) is 17.6 Å². The van der Waals surface area contributed by atoms with E-state index in [1.165, 1.54) is 0 Å². The van der Waals surface area contributed by atoms with Crippen LogP contribution in [0, 0.1) is 5.82 Å². The number of hydrogen-bond acceptors (Lipinski definition) is 4. The Morgan fingerprint density at radius 1 is 1.53 bits per heavy atom. The van der Waals surface area contributed by atoms with Crippen molar-refractivity contribution in [3.05, 3.63) is 23.3 Å². The Morgan fingerprint density at radius 3 is 2.53 bits per heavy atom. The molecule has 1 rings (SSSR count). The van der Waals surface area contributed by atoms with Gasteiger partial charge in [-0.3, -0.25) is 4.98 Å². The number of alkyl halides is 3. The number of pyridine rings is 1. The van der Waals surface area contributed by atoms with Crippen LogP contribution in [0.3, 0.4) is 0 Å². The lowest BCUT2D eigenvalue weighted by Gasteiger charge is -2.14. The Bertz CT molecular complexity index is 447. The molecule has 0 aromatic carbocycles. The van der Waals surface area contributed by atoms with E-state index in [-0.39, 0.29) is 0 Å². The number of aromatic nitrogens is 1. The van der Waals surface area contributed by atoms with Gasteiger partial charge in [-0.15, -0.1) is 13.2 Å². The summed E-state index contributed by atoms with van der Waals surface area (Å²) in [5.74, 6) is -4.57. The van der Waals surface area contributed by atoms with E-state index in [0.717, 1.165) is 0 Å². The average molecular weight is 254 g/mol. The number of carboxylic acids is 1. The third kappa shape index (κ3) is 3.03. The van der Waals surface area contributed by atoms with Gasteiger partial charge in [0.15, 0.2) is 11.6 Å². The number of carbonyl (C=O) groups is 1. The third-order valence-corrected chi connectivity index (χ3v) is 1.69. The molecule has 17 heavy (non-hydrogen) atoms. The van der Waals surface area contributed by atoms with Crippen LogP contribution in [0.2, 0.25) is 0 Å². The molecule has 9 heteroatoms. The molecule has 5 nitrogen and oxygen atoms in total. The molecule has 3 N–H and O–H groups in total. The number of nitrogens with two attached hydrogens (primary N) is 1. The molecule has 94 valence electrons. The summed E-state index contributed by atoms with van der Waals surface area (Å²) in [6, 6.07) is 0. The van der Waals surface area contributed by atoms with E-state index in [1.54, 1.807) is 0 Å². The summed E-state index contributed by atoms with van der Waals surface area (Å²) in [4.78, 5) is 13.9. The van der Waals surface area contributed by atoms with Gasteiger partial charge in [0.05, 0.1) is 11.9 Å². The van der Waals surface area contributed by atoms with Crippen LogP contribution in [-0.2, 0) is 6.54 Å². The number of nitrogens with zero attached hydrogens (tertiary/aromatic N) is 1. The van der Waals surface area contributed by atoms with Gasteiger partial charge in [-0.2, -0.15) is 0 Å². The molecule has 0 atom stereocenters. The topological polar surface area (TPSA) is 85.4 Å². The molecule has 1 aromatic heterocycles. The zero-order valence-corrected chi connectivity index (χ0v) is 8.08. The first-order valence-corrected chi connectivity index (χ1v) is 4.12. The van der Waals surface area contributed by atoms with Crippen molar-refractivity contribution < 1.29 is 32.2 Å². The quantitative estimate of drug-likeness (QED) is 0.793. The van der Waals surface area contributed by atoms with Crippen LogP contribution in [0.5, 0.6) is 5.75 Å². The molecule has 0 amide bonds. The fourth-order valence-corrected chi connectivity index (χ4v) is 1.08. The summed E-state index contributed by atoms with van der Waals surface area (Å²) in [5.41, 5.74) is 3.31. The lowest BCUT2D eigenvalue weighted by molar-refractivity contribution is -0.275. The molecule has 0 aliphatic heterocycles. The minimum atomic E-state index is -5.16. The summed E-state index contributed by atoms with van der Waals surface area (Å²) in [5, 5.41) is 8.61. The van der Waals surface area contributed by atoms with Crippen LogP contribution in [0.15, 0.2) is 6.20 Å². The van der Waals surface area contributed by atoms with E-state index in [2.05, 4.69) is 9.72 Å². The molecule has 0 spiro atoms. The van der Waals surface area contributed by atoms with Crippen LogP contribution >= 0.6 is 0 Å². The highest BCUT2D eigenvalue weighted by Gasteiger charge is 2.35. The molecule has 0 saturated heterocycles. The standard InChI is InChI=1S/C8H6F4N2O3/c9-3-2-14-4(1-13)6(5(3)7(15)16)17-8(10,11)12/h2H,1,13H2,(H,15,16). The van der Waals surface area contributed by atoms with E-state index in [4.69, 9.17) is 10.8 Å². The Hall–Kier alpha value is -1.90. The number of rotatable bonds is 3. The minimum absolute atomic E-state index is 0.467. The lowest BCUT2D eigenvalue weighted by Crippen LogP contribution is -2.22. The van der Waals surface area contributed by atoms with Crippen molar-refractivity contribution in [3.63, 3.8) is 0 Å². The van der Waals surface area contributed by atoms with Crippen molar-refractivity contribution in [3.8, 4) is 5.75 Å². The number of carboxylic acid groups (broad SMARTS) is 1. The lowest BCUT2D eigenvalue weighted by atomic mass is 10.2. The van der Waals surface area contributed by atoms with Crippen molar-refractivity contribution in [2.75, 3.05) is 0 Å². The Balaban J connectivity index is 3.40. The second-order valence-corrected chi connectivity index (χ2v) is 2.81. The molecule has 0 aliphatic rings. The molecule has 0 aliphatic carbocycles. The Kier molecular flexibility index (Phi) is 3.51. The number of hydrogen-bond donors (Lipinski definition) is 2. The van der Waals surface area contributed by atoms with E-state index in [9.17, 15) is 22.4 Å². The zero-order chi connectivity index (χ0) is 13.2. The van der Waals surface area contributed by atoms with Crippen molar-refractivity contribution in [2.24, 2.45) is 5.73 Å². The van der Waals surface area contributed by atoms with Gasteiger partial charge >= 0.3 is 12.3 Å². The molecular formula is C8H6F4N2O3. The van der Waals surface area contributed by atoms with Gasteiger partial charge in [-0.05, 0) is 0 Å². The minimum Gasteiger partial charge on any atom is -0.477 e.